The Labute approximate surface area is 120 Å². The van der Waals surface area contributed by atoms with Gasteiger partial charge in [0.15, 0.2) is 5.78 Å². The standard InChI is InChI=1S/C13H15BrN2O3/c1-13(2,3)19-12(18)16-7-6-9(17)8-4-5-10(14)15-11(8)16/h4-5H,6-7H2,1-3H3. The smallest absolute Gasteiger partial charge is 0.416 e. The van der Waals surface area contributed by atoms with E-state index in [9.17, 15) is 9.59 Å². The summed E-state index contributed by atoms with van der Waals surface area (Å²) < 4.78 is 5.91. The number of hydrogen-bond donors (Lipinski definition) is 0. The fraction of sp³-hybridized carbons (Fsp3) is 0.462. The molecule has 0 unspecified atom stereocenters. The van der Waals surface area contributed by atoms with Gasteiger partial charge in [0.05, 0.1) is 5.56 Å². The normalized spacial score (nSPS) is 15.2. The molecule has 2 heterocycles. The number of ketones is 1. The maximum atomic E-state index is 12.1. The Hall–Kier alpha value is -1.43. The molecule has 2 rings (SSSR count). The molecule has 0 aliphatic carbocycles. The zero-order valence-electron chi connectivity index (χ0n) is 11.1. The molecule has 1 aromatic rings. The number of hydrogen-bond acceptors (Lipinski definition) is 4. The van der Waals surface area contributed by atoms with Gasteiger partial charge in [-0.1, -0.05) is 0 Å². The highest BCUT2D eigenvalue weighted by atomic mass is 79.9. The minimum absolute atomic E-state index is 0.00481. The predicted octanol–water partition coefficient (Wildman–Crippen LogP) is 3.17. The Morgan fingerprint density at radius 1 is 1.42 bits per heavy atom. The lowest BCUT2D eigenvalue weighted by atomic mass is 10.0. The Morgan fingerprint density at radius 2 is 2.11 bits per heavy atom. The number of rotatable bonds is 0. The molecule has 5 nitrogen and oxygen atoms in total. The van der Waals surface area contributed by atoms with Crippen LogP contribution in [0.25, 0.3) is 0 Å². The number of aromatic nitrogens is 1. The van der Waals surface area contributed by atoms with Crippen molar-refractivity contribution in [3.8, 4) is 0 Å². The molecular weight excluding hydrogens is 312 g/mol. The van der Waals surface area contributed by atoms with E-state index in [4.69, 9.17) is 4.74 Å². The van der Waals surface area contributed by atoms with Crippen LogP contribution in [0.15, 0.2) is 16.7 Å². The Bertz CT molecular complexity index is 537. The number of amides is 1. The maximum Gasteiger partial charge on any atom is 0.416 e. The van der Waals surface area contributed by atoms with Crippen molar-refractivity contribution in [2.75, 3.05) is 11.4 Å². The first kappa shape index (κ1) is 14.0. The van der Waals surface area contributed by atoms with Crippen molar-refractivity contribution in [2.24, 2.45) is 0 Å². The van der Waals surface area contributed by atoms with Crippen LogP contribution in [-0.2, 0) is 4.74 Å². The first-order valence-corrected chi connectivity index (χ1v) is 6.77. The summed E-state index contributed by atoms with van der Waals surface area (Å²) in [6.45, 7) is 5.70. The number of ether oxygens (including phenoxy) is 1. The summed E-state index contributed by atoms with van der Waals surface area (Å²) in [7, 11) is 0. The summed E-state index contributed by atoms with van der Waals surface area (Å²) in [5, 5.41) is 0. The third-order valence-electron chi connectivity index (χ3n) is 2.57. The van der Waals surface area contributed by atoms with Crippen molar-refractivity contribution >= 4 is 33.6 Å². The van der Waals surface area contributed by atoms with E-state index in [0.29, 0.717) is 22.5 Å². The van der Waals surface area contributed by atoms with Crippen LogP contribution in [0.3, 0.4) is 0 Å². The third kappa shape index (κ3) is 3.12. The summed E-state index contributed by atoms with van der Waals surface area (Å²) in [6.07, 6.45) is -0.193. The van der Waals surface area contributed by atoms with E-state index in [1.54, 1.807) is 32.9 Å². The first-order valence-electron chi connectivity index (χ1n) is 5.98. The summed E-state index contributed by atoms with van der Waals surface area (Å²) >= 11 is 3.25. The van der Waals surface area contributed by atoms with Crippen molar-refractivity contribution in [1.82, 2.24) is 4.98 Å². The zero-order valence-corrected chi connectivity index (χ0v) is 12.7. The quantitative estimate of drug-likeness (QED) is 0.687. The van der Waals surface area contributed by atoms with Gasteiger partial charge in [0.25, 0.3) is 0 Å². The topological polar surface area (TPSA) is 59.5 Å². The second-order valence-corrected chi connectivity index (χ2v) is 6.12. The van der Waals surface area contributed by atoms with Crippen molar-refractivity contribution < 1.29 is 14.3 Å². The molecule has 0 saturated heterocycles. The van der Waals surface area contributed by atoms with Crippen LogP contribution in [-0.4, -0.2) is 29.0 Å². The molecule has 1 aromatic heterocycles. The number of fused-ring (bicyclic) bond motifs is 1. The van der Waals surface area contributed by atoms with Gasteiger partial charge in [-0.2, -0.15) is 0 Å². The summed E-state index contributed by atoms with van der Waals surface area (Å²) in [5.41, 5.74) is -0.120. The number of carbonyl (C=O) groups excluding carboxylic acids is 2. The van der Waals surface area contributed by atoms with Crippen molar-refractivity contribution in [2.45, 2.75) is 32.8 Å². The molecule has 0 bridgehead atoms. The molecule has 102 valence electrons. The van der Waals surface area contributed by atoms with Crippen LogP contribution in [0.4, 0.5) is 10.6 Å². The van der Waals surface area contributed by atoms with E-state index in [2.05, 4.69) is 20.9 Å². The number of anilines is 1. The second kappa shape index (κ2) is 4.92. The molecule has 0 spiro atoms. The average molecular weight is 327 g/mol. The van der Waals surface area contributed by atoms with Crippen LogP contribution in [0.2, 0.25) is 0 Å². The molecule has 19 heavy (non-hydrogen) atoms. The van der Waals surface area contributed by atoms with E-state index >= 15 is 0 Å². The second-order valence-electron chi connectivity index (χ2n) is 5.31. The minimum Gasteiger partial charge on any atom is -0.443 e. The lowest BCUT2D eigenvalue weighted by molar-refractivity contribution is 0.0576. The zero-order chi connectivity index (χ0) is 14.2. The van der Waals surface area contributed by atoms with Gasteiger partial charge >= 0.3 is 6.09 Å². The largest absolute Gasteiger partial charge is 0.443 e. The van der Waals surface area contributed by atoms with E-state index in [-0.39, 0.29) is 12.2 Å². The predicted molar refractivity (Wildman–Crippen MR) is 74.5 cm³/mol. The fourth-order valence-corrected chi connectivity index (χ4v) is 2.10. The van der Waals surface area contributed by atoms with Crippen molar-refractivity contribution in [1.29, 1.82) is 0 Å². The number of nitrogens with zero attached hydrogens (tertiary/aromatic N) is 2. The Balaban J connectivity index is 2.35. The Kier molecular flexibility index (Phi) is 3.62. The molecule has 0 atom stereocenters. The van der Waals surface area contributed by atoms with Crippen LogP contribution in [0, 0.1) is 0 Å². The van der Waals surface area contributed by atoms with Crippen LogP contribution >= 0.6 is 15.9 Å². The summed E-state index contributed by atoms with van der Waals surface area (Å²) in [5.74, 6) is 0.356. The van der Waals surface area contributed by atoms with Gasteiger partial charge in [0, 0.05) is 13.0 Å². The summed E-state index contributed by atoms with van der Waals surface area (Å²) in [6, 6.07) is 3.36. The molecule has 0 saturated carbocycles. The molecule has 1 amide bonds. The highest BCUT2D eigenvalue weighted by molar-refractivity contribution is 9.10. The highest BCUT2D eigenvalue weighted by Crippen LogP contribution is 2.28. The van der Waals surface area contributed by atoms with Gasteiger partial charge in [-0.05, 0) is 48.8 Å². The van der Waals surface area contributed by atoms with Gasteiger partial charge in [0.2, 0.25) is 0 Å². The SMILES string of the molecule is CC(C)(C)OC(=O)N1CCC(=O)c2ccc(Br)nc21. The molecule has 6 heteroatoms. The van der Waals surface area contributed by atoms with E-state index in [0.717, 1.165) is 0 Å². The van der Waals surface area contributed by atoms with Crippen molar-refractivity contribution in [3.63, 3.8) is 0 Å². The lowest BCUT2D eigenvalue weighted by Gasteiger charge is -2.30. The minimum atomic E-state index is -0.579. The average Bonchev–Trinajstić information content (AvgIpc) is 2.26. The third-order valence-corrected chi connectivity index (χ3v) is 3.02. The maximum absolute atomic E-state index is 12.1. The number of Topliss-reactive ketones (excluding diaryl/α,β-unsaturated/α-hetero) is 1. The summed E-state index contributed by atoms with van der Waals surface area (Å²) in [4.78, 5) is 29.6. The van der Waals surface area contributed by atoms with E-state index in [1.165, 1.54) is 4.90 Å². The highest BCUT2D eigenvalue weighted by Gasteiger charge is 2.31. The van der Waals surface area contributed by atoms with Crippen molar-refractivity contribution in [3.05, 3.63) is 22.3 Å². The molecule has 1 aliphatic heterocycles. The number of halogens is 1. The number of pyridine rings is 1. The molecular formula is C13H15BrN2O3. The van der Waals surface area contributed by atoms with Gasteiger partial charge < -0.3 is 4.74 Å². The van der Waals surface area contributed by atoms with Crippen LogP contribution in [0.5, 0.6) is 0 Å². The van der Waals surface area contributed by atoms with E-state index in [1.807, 2.05) is 0 Å². The number of carbonyl (C=O) groups is 2. The fourth-order valence-electron chi connectivity index (χ4n) is 1.80. The van der Waals surface area contributed by atoms with Crippen LogP contribution in [0.1, 0.15) is 37.6 Å². The molecule has 0 N–H and O–H groups in total. The van der Waals surface area contributed by atoms with Gasteiger partial charge in [0.1, 0.15) is 16.0 Å². The molecule has 1 aliphatic rings. The van der Waals surface area contributed by atoms with E-state index < -0.39 is 11.7 Å². The van der Waals surface area contributed by atoms with Gasteiger partial charge in [-0.3, -0.25) is 9.69 Å². The molecule has 0 radical (unpaired) electrons. The van der Waals surface area contributed by atoms with Crippen LogP contribution < -0.4 is 4.90 Å². The Morgan fingerprint density at radius 3 is 2.74 bits per heavy atom. The molecule has 0 aromatic carbocycles. The molecule has 0 fully saturated rings. The monoisotopic (exact) mass is 326 g/mol. The van der Waals surface area contributed by atoms with Gasteiger partial charge in [-0.25, -0.2) is 9.78 Å². The first-order chi connectivity index (χ1) is 8.78. The van der Waals surface area contributed by atoms with Gasteiger partial charge in [-0.15, -0.1) is 0 Å². The lowest BCUT2D eigenvalue weighted by Crippen LogP contribution is -2.41.